The van der Waals surface area contributed by atoms with Crippen LogP contribution in [0.25, 0.3) is 11.3 Å². The number of ether oxygens (including phenoxy) is 1. The summed E-state index contributed by atoms with van der Waals surface area (Å²) in [6.45, 7) is 2.46. The summed E-state index contributed by atoms with van der Waals surface area (Å²) < 4.78 is 5.13. The van der Waals surface area contributed by atoms with Gasteiger partial charge < -0.3 is 10.5 Å². The average Bonchev–Trinajstić information content (AvgIpc) is 2.38. The lowest BCUT2D eigenvalue weighted by molar-refractivity contribution is 0.415. The number of hydrogen-bond acceptors (Lipinski definition) is 3. The number of aromatic nitrogens is 1. The lowest BCUT2D eigenvalue weighted by atomic mass is 10.1. The van der Waals surface area contributed by atoms with E-state index in [0.717, 1.165) is 22.5 Å². The molecule has 18 heavy (non-hydrogen) atoms. The molecule has 1 heterocycles. The van der Waals surface area contributed by atoms with Crippen molar-refractivity contribution in [2.45, 2.75) is 13.5 Å². The highest BCUT2D eigenvalue weighted by Gasteiger charge is 2.06. The fourth-order valence-electron chi connectivity index (χ4n) is 1.79. The molecule has 0 unspecified atom stereocenters. The van der Waals surface area contributed by atoms with Crippen molar-refractivity contribution >= 4 is 11.6 Å². The van der Waals surface area contributed by atoms with Gasteiger partial charge >= 0.3 is 0 Å². The van der Waals surface area contributed by atoms with E-state index in [2.05, 4.69) is 4.98 Å². The number of methoxy groups -OCH3 is 1. The quantitative estimate of drug-likeness (QED) is 0.924. The Bertz CT molecular complexity index is 518. The Kier molecular flexibility index (Phi) is 3.84. The van der Waals surface area contributed by atoms with Crippen LogP contribution in [0.5, 0.6) is 5.75 Å². The Hall–Kier alpha value is -1.58. The third kappa shape index (κ3) is 2.47. The minimum atomic E-state index is 0.502. The van der Waals surface area contributed by atoms with Crippen LogP contribution < -0.4 is 10.5 Å². The van der Waals surface area contributed by atoms with Gasteiger partial charge in [0.1, 0.15) is 5.75 Å². The Morgan fingerprint density at radius 1 is 1.28 bits per heavy atom. The SMILES string of the molecule is COc1ccc(-c2ccc(CN)c(C)n2)cc1Cl. The molecule has 0 amide bonds. The second kappa shape index (κ2) is 5.38. The molecule has 0 bridgehead atoms. The van der Waals surface area contributed by atoms with Gasteiger partial charge in [-0.2, -0.15) is 0 Å². The first-order chi connectivity index (χ1) is 8.65. The molecule has 2 rings (SSSR count). The van der Waals surface area contributed by atoms with Crippen molar-refractivity contribution in [3.8, 4) is 17.0 Å². The first-order valence-corrected chi connectivity index (χ1v) is 6.04. The minimum Gasteiger partial charge on any atom is -0.495 e. The standard InChI is InChI=1S/C14H15ClN2O/c1-9-11(8-16)3-5-13(17-9)10-4-6-14(18-2)12(15)7-10/h3-7H,8,16H2,1-2H3. The number of benzene rings is 1. The Balaban J connectivity index is 2.42. The number of rotatable bonds is 3. The van der Waals surface area contributed by atoms with Crippen molar-refractivity contribution in [1.29, 1.82) is 0 Å². The van der Waals surface area contributed by atoms with Crippen molar-refractivity contribution in [2.75, 3.05) is 7.11 Å². The van der Waals surface area contributed by atoms with Crippen molar-refractivity contribution in [2.24, 2.45) is 5.73 Å². The lowest BCUT2D eigenvalue weighted by Crippen LogP contribution is -2.01. The summed E-state index contributed by atoms with van der Waals surface area (Å²) in [5.74, 6) is 0.663. The van der Waals surface area contributed by atoms with Gasteiger partial charge in [-0.1, -0.05) is 17.7 Å². The molecule has 0 aliphatic rings. The van der Waals surface area contributed by atoms with E-state index in [1.54, 1.807) is 7.11 Å². The molecule has 4 heteroatoms. The van der Waals surface area contributed by atoms with Gasteiger partial charge in [0.25, 0.3) is 0 Å². The van der Waals surface area contributed by atoms with Gasteiger partial charge in [0.15, 0.2) is 0 Å². The Morgan fingerprint density at radius 3 is 2.61 bits per heavy atom. The number of halogens is 1. The minimum absolute atomic E-state index is 0.502. The molecular weight excluding hydrogens is 248 g/mol. The molecule has 0 saturated carbocycles. The maximum atomic E-state index is 6.10. The van der Waals surface area contributed by atoms with Gasteiger partial charge in [0.2, 0.25) is 0 Å². The molecule has 1 aromatic carbocycles. The zero-order chi connectivity index (χ0) is 13.1. The highest BCUT2D eigenvalue weighted by Crippen LogP contribution is 2.29. The first kappa shape index (κ1) is 12.9. The summed E-state index contributed by atoms with van der Waals surface area (Å²) in [5, 5.41) is 0.581. The molecule has 0 aliphatic heterocycles. The predicted octanol–water partition coefficient (Wildman–Crippen LogP) is 3.18. The zero-order valence-corrected chi connectivity index (χ0v) is 11.2. The van der Waals surface area contributed by atoms with Crippen molar-refractivity contribution in [3.05, 3.63) is 46.6 Å². The number of aryl methyl sites for hydroxylation is 1. The second-order valence-corrected chi connectivity index (χ2v) is 4.40. The molecular formula is C14H15ClN2O. The van der Waals surface area contributed by atoms with Crippen LogP contribution >= 0.6 is 11.6 Å². The van der Waals surface area contributed by atoms with Crippen LogP contribution in [0.15, 0.2) is 30.3 Å². The number of pyridine rings is 1. The van der Waals surface area contributed by atoms with E-state index in [4.69, 9.17) is 22.1 Å². The van der Waals surface area contributed by atoms with E-state index in [0.29, 0.717) is 17.3 Å². The molecule has 1 aromatic heterocycles. The summed E-state index contributed by atoms with van der Waals surface area (Å²) in [5.41, 5.74) is 9.47. The summed E-state index contributed by atoms with van der Waals surface area (Å²) in [6, 6.07) is 9.58. The van der Waals surface area contributed by atoms with Gasteiger partial charge in [0.05, 0.1) is 17.8 Å². The number of hydrogen-bond donors (Lipinski definition) is 1. The van der Waals surface area contributed by atoms with Gasteiger partial charge in [0, 0.05) is 17.8 Å². The maximum absolute atomic E-state index is 6.10. The van der Waals surface area contributed by atoms with Crippen LogP contribution in [0.3, 0.4) is 0 Å². The van der Waals surface area contributed by atoms with E-state index in [-0.39, 0.29) is 0 Å². The molecule has 2 aromatic rings. The van der Waals surface area contributed by atoms with E-state index < -0.39 is 0 Å². The van der Waals surface area contributed by atoms with Crippen LogP contribution in [0.2, 0.25) is 5.02 Å². The number of nitrogens with two attached hydrogens (primary N) is 1. The topological polar surface area (TPSA) is 48.1 Å². The molecule has 94 valence electrons. The van der Waals surface area contributed by atoms with Crippen LogP contribution in [-0.2, 0) is 6.54 Å². The number of nitrogens with zero attached hydrogens (tertiary/aromatic N) is 1. The van der Waals surface area contributed by atoms with Crippen molar-refractivity contribution in [3.63, 3.8) is 0 Å². The lowest BCUT2D eigenvalue weighted by Gasteiger charge is -2.08. The summed E-state index contributed by atoms with van der Waals surface area (Å²) >= 11 is 6.10. The maximum Gasteiger partial charge on any atom is 0.137 e. The molecule has 2 N–H and O–H groups in total. The molecule has 0 aliphatic carbocycles. The Morgan fingerprint density at radius 2 is 2.06 bits per heavy atom. The van der Waals surface area contributed by atoms with Crippen molar-refractivity contribution < 1.29 is 4.74 Å². The summed E-state index contributed by atoms with van der Waals surface area (Å²) in [6.07, 6.45) is 0. The van der Waals surface area contributed by atoms with E-state index >= 15 is 0 Å². The van der Waals surface area contributed by atoms with Gasteiger partial charge in [-0.05, 0) is 36.8 Å². The summed E-state index contributed by atoms with van der Waals surface area (Å²) in [4.78, 5) is 4.53. The van der Waals surface area contributed by atoms with E-state index in [1.807, 2.05) is 37.3 Å². The molecule has 3 nitrogen and oxygen atoms in total. The largest absolute Gasteiger partial charge is 0.495 e. The molecule has 0 saturated heterocycles. The van der Waals surface area contributed by atoms with E-state index in [9.17, 15) is 0 Å². The first-order valence-electron chi connectivity index (χ1n) is 5.66. The fourth-order valence-corrected chi connectivity index (χ4v) is 2.05. The highest BCUT2D eigenvalue weighted by atomic mass is 35.5. The average molecular weight is 263 g/mol. The van der Waals surface area contributed by atoms with Gasteiger partial charge in [-0.15, -0.1) is 0 Å². The molecule has 0 radical (unpaired) electrons. The van der Waals surface area contributed by atoms with Crippen LogP contribution in [0.4, 0.5) is 0 Å². The van der Waals surface area contributed by atoms with Crippen LogP contribution in [0.1, 0.15) is 11.3 Å². The normalized spacial score (nSPS) is 10.4. The van der Waals surface area contributed by atoms with Crippen molar-refractivity contribution in [1.82, 2.24) is 4.98 Å². The highest BCUT2D eigenvalue weighted by molar-refractivity contribution is 6.32. The van der Waals surface area contributed by atoms with E-state index in [1.165, 1.54) is 0 Å². The Labute approximate surface area is 112 Å². The van der Waals surface area contributed by atoms with Gasteiger partial charge in [-0.25, -0.2) is 0 Å². The fraction of sp³-hybridized carbons (Fsp3) is 0.214. The molecule has 0 fully saturated rings. The molecule has 0 atom stereocenters. The zero-order valence-electron chi connectivity index (χ0n) is 10.4. The third-order valence-electron chi connectivity index (χ3n) is 2.86. The second-order valence-electron chi connectivity index (χ2n) is 3.99. The monoisotopic (exact) mass is 262 g/mol. The predicted molar refractivity (Wildman–Crippen MR) is 73.9 cm³/mol. The van der Waals surface area contributed by atoms with Crippen LogP contribution in [-0.4, -0.2) is 12.1 Å². The smallest absolute Gasteiger partial charge is 0.137 e. The van der Waals surface area contributed by atoms with Crippen LogP contribution in [0, 0.1) is 6.92 Å². The third-order valence-corrected chi connectivity index (χ3v) is 3.16. The summed E-state index contributed by atoms with van der Waals surface area (Å²) in [7, 11) is 1.60. The van der Waals surface area contributed by atoms with Gasteiger partial charge in [-0.3, -0.25) is 4.98 Å². The molecule has 0 spiro atoms.